The smallest absolute Gasteiger partial charge is 0.436 e. The fourth-order valence-corrected chi connectivity index (χ4v) is 1.40. The molecular formula is C8H24B3N3O4. The van der Waals surface area contributed by atoms with Gasteiger partial charge in [0.15, 0.2) is 0 Å². The monoisotopic (exact) mass is 259 g/mol. The van der Waals surface area contributed by atoms with Crippen molar-refractivity contribution < 1.29 is 19.4 Å². The molecular weight excluding hydrogens is 235 g/mol. The van der Waals surface area contributed by atoms with Gasteiger partial charge in [0.2, 0.25) is 0 Å². The molecule has 0 aliphatic heterocycles. The van der Waals surface area contributed by atoms with Crippen molar-refractivity contribution in [3.8, 4) is 0 Å². The molecule has 0 amide bonds. The van der Waals surface area contributed by atoms with E-state index in [1.165, 1.54) is 0 Å². The molecule has 10 heteroatoms. The molecule has 0 aliphatic carbocycles. The van der Waals surface area contributed by atoms with E-state index in [4.69, 9.17) is 31.3 Å². The van der Waals surface area contributed by atoms with Crippen LogP contribution in [0.1, 0.15) is 40.5 Å². The van der Waals surface area contributed by atoms with Gasteiger partial charge in [-0.1, -0.05) is 13.8 Å². The summed E-state index contributed by atoms with van der Waals surface area (Å²) in [6.07, 6.45) is 0.951. The Morgan fingerprint density at radius 1 is 0.944 bits per heavy atom. The minimum Gasteiger partial charge on any atom is -0.436 e. The summed E-state index contributed by atoms with van der Waals surface area (Å²) >= 11 is 0. The van der Waals surface area contributed by atoms with E-state index < -0.39 is 32.4 Å². The number of hydrogen-bond acceptors (Lipinski definition) is 7. The summed E-state index contributed by atoms with van der Waals surface area (Å²) in [4.78, 5) is 0. The van der Waals surface area contributed by atoms with Crippen LogP contribution in [0.3, 0.4) is 0 Å². The highest BCUT2D eigenvalue weighted by molar-refractivity contribution is 6.56. The van der Waals surface area contributed by atoms with Crippen molar-refractivity contribution in [3.63, 3.8) is 0 Å². The normalized spacial score (nSPS) is 17.8. The topological polar surface area (TPSA) is 137 Å². The fraction of sp³-hybridized carbons (Fsp3) is 1.00. The second-order valence-electron chi connectivity index (χ2n) is 4.82. The lowest BCUT2D eigenvalue weighted by atomic mass is 9.57. The molecule has 0 fully saturated rings. The Morgan fingerprint density at radius 3 is 1.67 bits per heavy atom. The van der Waals surface area contributed by atoms with Crippen LogP contribution >= 0.6 is 0 Å². The van der Waals surface area contributed by atoms with Crippen LogP contribution < -0.4 is 16.9 Å². The molecule has 1 unspecified atom stereocenters. The van der Waals surface area contributed by atoms with E-state index in [-0.39, 0.29) is 0 Å². The summed E-state index contributed by atoms with van der Waals surface area (Å²) < 4.78 is 10.8. The molecule has 0 radical (unpaired) electrons. The highest BCUT2D eigenvalue weighted by Gasteiger charge is 2.45. The Kier molecular flexibility index (Phi) is 6.87. The first-order valence-corrected chi connectivity index (χ1v) is 6.09. The lowest BCUT2D eigenvalue weighted by molar-refractivity contribution is 0.0729. The first-order valence-electron chi connectivity index (χ1n) is 6.09. The summed E-state index contributed by atoms with van der Waals surface area (Å²) in [6.45, 7) is 6.98. The first kappa shape index (κ1) is 17.9. The third kappa shape index (κ3) is 4.54. The van der Waals surface area contributed by atoms with Crippen molar-refractivity contribution in [2.45, 2.75) is 51.5 Å². The van der Waals surface area contributed by atoms with Gasteiger partial charge < -0.3 is 36.3 Å². The lowest BCUT2D eigenvalue weighted by Crippen LogP contribution is -2.64. The van der Waals surface area contributed by atoms with Crippen LogP contribution in [0.5, 0.6) is 0 Å². The highest BCUT2D eigenvalue weighted by Crippen LogP contribution is 2.23. The molecule has 0 aliphatic rings. The van der Waals surface area contributed by atoms with Crippen molar-refractivity contribution in [1.82, 2.24) is 0 Å². The Hall–Kier alpha value is -0.0852. The molecule has 104 valence electrons. The molecule has 0 saturated carbocycles. The Morgan fingerprint density at radius 2 is 1.39 bits per heavy atom. The van der Waals surface area contributed by atoms with Crippen LogP contribution in [-0.2, 0) is 9.31 Å². The van der Waals surface area contributed by atoms with Gasteiger partial charge in [0.25, 0.3) is 0 Å². The Labute approximate surface area is 110 Å². The lowest BCUT2D eigenvalue weighted by Gasteiger charge is -2.38. The van der Waals surface area contributed by atoms with Crippen molar-refractivity contribution in [2.24, 2.45) is 16.9 Å². The Bertz CT molecular complexity index is 262. The maximum atomic E-state index is 9.52. The van der Waals surface area contributed by atoms with Crippen molar-refractivity contribution in [2.75, 3.05) is 0 Å². The predicted molar refractivity (Wildman–Crippen MR) is 73.8 cm³/mol. The SMILES string of the molecule is CCC(C)(OB(N)[C@@](C)(CC)OB(N)O)B(N)O. The van der Waals surface area contributed by atoms with E-state index in [0.717, 1.165) is 0 Å². The molecule has 0 spiro atoms. The minimum atomic E-state index is -1.44. The molecule has 0 saturated heterocycles. The zero-order chi connectivity index (χ0) is 14.6. The highest BCUT2D eigenvalue weighted by atomic mass is 16.6. The van der Waals surface area contributed by atoms with Gasteiger partial charge >= 0.3 is 21.4 Å². The van der Waals surface area contributed by atoms with E-state index in [2.05, 4.69) is 0 Å². The third-order valence-electron chi connectivity index (χ3n) is 3.42. The van der Waals surface area contributed by atoms with Gasteiger partial charge in [-0.2, -0.15) is 0 Å². The minimum absolute atomic E-state index is 0.475. The molecule has 0 bridgehead atoms. The maximum absolute atomic E-state index is 9.52. The average Bonchev–Trinajstić information content (AvgIpc) is 2.27. The third-order valence-corrected chi connectivity index (χ3v) is 3.42. The zero-order valence-corrected chi connectivity index (χ0v) is 11.6. The summed E-state index contributed by atoms with van der Waals surface area (Å²) in [5.74, 6) is 0. The van der Waals surface area contributed by atoms with E-state index in [9.17, 15) is 5.02 Å². The Balaban J connectivity index is 4.85. The van der Waals surface area contributed by atoms with Gasteiger partial charge in [-0.05, 0) is 26.7 Å². The van der Waals surface area contributed by atoms with E-state index >= 15 is 0 Å². The number of nitrogens with two attached hydrogens (primary N) is 3. The van der Waals surface area contributed by atoms with Gasteiger partial charge in [0, 0.05) is 0 Å². The zero-order valence-electron chi connectivity index (χ0n) is 11.6. The van der Waals surface area contributed by atoms with Gasteiger partial charge in [-0.3, -0.25) is 0 Å². The van der Waals surface area contributed by atoms with E-state index in [1.54, 1.807) is 13.8 Å². The van der Waals surface area contributed by atoms with Crippen molar-refractivity contribution in [3.05, 3.63) is 0 Å². The van der Waals surface area contributed by atoms with Gasteiger partial charge in [0.05, 0.1) is 11.0 Å². The summed E-state index contributed by atoms with van der Waals surface area (Å²) in [5, 5.41) is 18.6. The molecule has 2 atom stereocenters. The van der Waals surface area contributed by atoms with Crippen molar-refractivity contribution in [1.29, 1.82) is 0 Å². The standard InChI is InChI=1S/C8H24B3N3O4/c1-5-7(3,9(12)15)17-10(13)8(4,6-2)18-11(14)16/h15-16H,5-6,12-14H2,1-4H3/t7?,8-/m1/s1. The largest absolute Gasteiger partial charge is 0.549 e. The van der Waals surface area contributed by atoms with E-state index in [0.29, 0.717) is 12.8 Å². The molecule has 0 rings (SSSR count). The van der Waals surface area contributed by atoms with Crippen LogP contribution in [0.25, 0.3) is 0 Å². The van der Waals surface area contributed by atoms with Gasteiger partial charge in [-0.15, -0.1) is 0 Å². The number of hydrogen-bond donors (Lipinski definition) is 5. The molecule has 0 aromatic rings. The first-order chi connectivity index (χ1) is 8.11. The molecule has 0 heterocycles. The number of rotatable bonds is 8. The average molecular weight is 259 g/mol. The molecule has 7 nitrogen and oxygen atoms in total. The second-order valence-corrected chi connectivity index (χ2v) is 4.82. The quantitative estimate of drug-likeness (QED) is 0.326. The van der Waals surface area contributed by atoms with Gasteiger partial charge in [0.1, 0.15) is 0 Å². The van der Waals surface area contributed by atoms with Crippen molar-refractivity contribution >= 4 is 21.4 Å². The maximum Gasteiger partial charge on any atom is 0.549 e. The molecule has 0 aromatic carbocycles. The summed E-state index contributed by atoms with van der Waals surface area (Å²) in [5.41, 5.74) is 14.6. The summed E-state index contributed by atoms with van der Waals surface area (Å²) in [7, 11) is -3.50. The fourth-order valence-electron chi connectivity index (χ4n) is 1.40. The van der Waals surface area contributed by atoms with Crippen LogP contribution in [-0.4, -0.2) is 42.4 Å². The second kappa shape index (κ2) is 6.90. The summed E-state index contributed by atoms with van der Waals surface area (Å²) in [6, 6.07) is 0. The molecule has 8 N–H and O–H groups in total. The van der Waals surface area contributed by atoms with Crippen LogP contribution in [0.2, 0.25) is 0 Å². The molecule has 18 heavy (non-hydrogen) atoms. The van der Waals surface area contributed by atoms with Crippen LogP contribution in [0.15, 0.2) is 0 Å². The van der Waals surface area contributed by atoms with E-state index in [1.807, 2.05) is 13.8 Å². The molecule has 0 aromatic heterocycles. The van der Waals surface area contributed by atoms with Gasteiger partial charge in [-0.25, -0.2) is 0 Å². The van der Waals surface area contributed by atoms with Crippen LogP contribution in [0.4, 0.5) is 0 Å². The predicted octanol–water partition coefficient (Wildman–Crippen LogP) is -1.74. The van der Waals surface area contributed by atoms with Crippen LogP contribution in [0, 0.1) is 0 Å².